The van der Waals surface area contributed by atoms with E-state index in [9.17, 15) is 10.1 Å². The Morgan fingerprint density at radius 3 is 2.45 bits per heavy atom. The predicted octanol–water partition coefficient (Wildman–Crippen LogP) is 5.47. The average molecular weight is 515 g/mol. The van der Waals surface area contributed by atoms with Gasteiger partial charge in [0.2, 0.25) is 5.88 Å². The van der Waals surface area contributed by atoms with Gasteiger partial charge in [0.05, 0.1) is 19.6 Å². The molecule has 1 unspecified atom stereocenters. The van der Waals surface area contributed by atoms with Crippen LogP contribution in [0.2, 0.25) is 0 Å². The standard InChI is InChI=1S/C30H30N2O6/c1-3-4-9-16-35-24-11-6-5-10-21(24)29-22-15-14-20(17-27(22)38-30(32)23(29)18-31)37-28(33)19-36-26-13-8-7-12-25(26)34-2/h5-8,10-15,17,29H,3-4,9,16,19,32H2,1-2H3. The zero-order valence-corrected chi connectivity index (χ0v) is 21.4. The molecule has 4 rings (SSSR count). The number of esters is 1. The van der Waals surface area contributed by atoms with E-state index in [1.165, 1.54) is 7.11 Å². The van der Waals surface area contributed by atoms with Gasteiger partial charge in [0.25, 0.3) is 0 Å². The van der Waals surface area contributed by atoms with E-state index >= 15 is 0 Å². The van der Waals surface area contributed by atoms with Crippen LogP contribution in [0, 0.1) is 11.3 Å². The number of ether oxygens (including phenoxy) is 5. The highest BCUT2D eigenvalue weighted by Crippen LogP contribution is 2.46. The largest absolute Gasteiger partial charge is 0.493 e. The molecule has 196 valence electrons. The van der Waals surface area contributed by atoms with Gasteiger partial charge in [0.15, 0.2) is 18.1 Å². The molecule has 0 amide bonds. The summed E-state index contributed by atoms with van der Waals surface area (Å²) in [5, 5.41) is 9.92. The van der Waals surface area contributed by atoms with Gasteiger partial charge in [0.1, 0.15) is 28.9 Å². The van der Waals surface area contributed by atoms with E-state index < -0.39 is 11.9 Å². The molecule has 3 aromatic carbocycles. The fraction of sp³-hybridized carbons (Fsp3) is 0.267. The molecule has 0 saturated carbocycles. The predicted molar refractivity (Wildman–Crippen MR) is 141 cm³/mol. The maximum absolute atomic E-state index is 12.5. The highest BCUT2D eigenvalue weighted by Gasteiger charge is 2.33. The van der Waals surface area contributed by atoms with E-state index in [2.05, 4.69) is 13.0 Å². The minimum absolute atomic E-state index is 0.00577. The third-order valence-electron chi connectivity index (χ3n) is 6.07. The molecule has 3 aromatic rings. The number of rotatable bonds is 11. The van der Waals surface area contributed by atoms with Crippen LogP contribution in [0.1, 0.15) is 43.2 Å². The third kappa shape index (κ3) is 6.01. The molecular weight excluding hydrogens is 484 g/mol. The quantitative estimate of drug-likeness (QED) is 0.204. The SMILES string of the molecule is CCCCCOc1ccccc1C1C(C#N)=C(N)Oc2cc(OC(=O)COc3ccccc3OC)ccc21. The van der Waals surface area contributed by atoms with E-state index in [0.717, 1.165) is 24.8 Å². The summed E-state index contributed by atoms with van der Waals surface area (Å²) in [6.07, 6.45) is 3.10. The molecule has 0 bridgehead atoms. The van der Waals surface area contributed by atoms with E-state index in [0.29, 0.717) is 35.2 Å². The van der Waals surface area contributed by atoms with Crippen LogP contribution in [0.5, 0.6) is 28.7 Å². The van der Waals surface area contributed by atoms with Crippen molar-refractivity contribution < 1.29 is 28.5 Å². The summed E-state index contributed by atoms with van der Waals surface area (Å²) in [6.45, 7) is 2.40. The zero-order chi connectivity index (χ0) is 26.9. The number of carbonyl (C=O) groups is 1. The fourth-order valence-corrected chi connectivity index (χ4v) is 4.24. The van der Waals surface area contributed by atoms with Gasteiger partial charge in [-0.3, -0.25) is 0 Å². The molecule has 8 nitrogen and oxygen atoms in total. The van der Waals surface area contributed by atoms with Crippen LogP contribution in [0.15, 0.2) is 78.2 Å². The lowest BCUT2D eigenvalue weighted by Crippen LogP contribution is -2.22. The number of allylic oxidation sites excluding steroid dienone is 1. The first kappa shape index (κ1) is 26.4. The first-order chi connectivity index (χ1) is 18.5. The van der Waals surface area contributed by atoms with Crippen LogP contribution in [0.25, 0.3) is 0 Å². The number of carbonyl (C=O) groups excluding carboxylic acids is 1. The van der Waals surface area contributed by atoms with Gasteiger partial charge in [-0.25, -0.2) is 4.79 Å². The molecule has 0 aromatic heterocycles. The normalized spacial score (nSPS) is 14.1. The highest BCUT2D eigenvalue weighted by molar-refractivity contribution is 5.74. The summed E-state index contributed by atoms with van der Waals surface area (Å²) in [6, 6.07) is 21.8. The number of benzene rings is 3. The fourth-order valence-electron chi connectivity index (χ4n) is 4.24. The molecule has 8 heteroatoms. The lowest BCUT2D eigenvalue weighted by Gasteiger charge is -2.28. The molecular formula is C30H30N2O6. The highest BCUT2D eigenvalue weighted by atomic mass is 16.6. The average Bonchev–Trinajstić information content (AvgIpc) is 2.94. The smallest absolute Gasteiger partial charge is 0.349 e. The summed E-state index contributed by atoms with van der Waals surface area (Å²) >= 11 is 0. The van der Waals surface area contributed by atoms with Gasteiger partial charge >= 0.3 is 5.97 Å². The molecule has 1 heterocycles. The molecule has 2 N–H and O–H groups in total. The van der Waals surface area contributed by atoms with E-state index in [1.807, 2.05) is 24.3 Å². The zero-order valence-electron chi connectivity index (χ0n) is 21.4. The van der Waals surface area contributed by atoms with Gasteiger partial charge in [-0.15, -0.1) is 0 Å². The Labute approximate surface area is 222 Å². The number of hydrogen-bond donors (Lipinski definition) is 1. The second-order valence-electron chi connectivity index (χ2n) is 8.63. The minimum atomic E-state index is -0.602. The number of hydrogen-bond acceptors (Lipinski definition) is 8. The van der Waals surface area contributed by atoms with Gasteiger partial charge < -0.3 is 29.4 Å². The van der Waals surface area contributed by atoms with Crippen molar-refractivity contribution in [3.8, 4) is 34.8 Å². The Bertz CT molecular complexity index is 1360. The Morgan fingerprint density at radius 1 is 0.974 bits per heavy atom. The van der Waals surface area contributed by atoms with Crippen molar-refractivity contribution >= 4 is 5.97 Å². The number of nitrogens with two attached hydrogens (primary N) is 1. The Hall–Kier alpha value is -4.64. The number of fused-ring (bicyclic) bond motifs is 1. The minimum Gasteiger partial charge on any atom is -0.493 e. The molecule has 0 spiro atoms. The molecule has 1 aliphatic heterocycles. The van der Waals surface area contributed by atoms with Crippen molar-refractivity contribution in [1.82, 2.24) is 0 Å². The van der Waals surface area contributed by atoms with Gasteiger partial charge in [-0.2, -0.15) is 5.26 Å². The number of methoxy groups -OCH3 is 1. The first-order valence-corrected chi connectivity index (χ1v) is 12.5. The maximum atomic E-state index is 12.5. The Morgan fingerprint density at radius 2 is 1.71 bits per heavy atom. The van der Waals surface area contributed by atoms with E-state index in [-0.39, 0.29) is 23.8 Å². The number of unbranched alkanes of at least 4 members (excludes halogenated alkanes) is 2. The van der Waals surface area contributed by atoms with E-state index in [1.54, 1.807) is 42.5 Å². The molecule has 0 aliphatic carbocycles. The topological polar surface area (TPSA) is 113 Å². The summed E-state index contributed by atoms with van der Waals surface area (Å²) in [5.74, 6) is 1.18. The van der Waals surface area contributed by atoms with Gasteiger partial charge in [-0.05, 0) is 30.7 Å². The molecule has 1 aliphatic rings. The Balaban J connectivity index is 1.55. The van der Waals surface area contributed by atoms with Crippen molar-refractivity contribution in [3.05, 3.63) is 89.3 Å². The van der Waals surface area contributed by atoms with Crippen LogP contribution >= 0.6 is 0 Å². The van der Waals surface area contributed by atoms with Crippen molar-refractivity contribution in [2.45, 2.75) is 32.1 Å². The number of para-hydroxylation sites is 3. The summed E-state index contributed by atoms with van der Waals surface area (Å²) in [5.41, 5.74) is 7.98. The molecule has 38 heavy (non-hydrogen) atoms. The first-order valence-electron chi connectivity index (χ1n) is 12.5. The van der Waals surface area contributed by atoms with Crippen LogP contribution in [-0.2, 0) is 4.79 Å². The third-order valence-corrected chi connectivity index (χ3v) is 6.07. The van der Waals surface area contributed by atoms with Crippen LogP contribution in [0.4, 0.5) is 0 Å². The molecule has 0 saturated heterocycles. The summed E-state index contributed by atoms with van der Waals surface area (Å²) in [7, 11) is 1.52. The van der Waals surface area contributed by atoms with Crippen molar-refractivity contribution in [3.63, 3.8) is 0 Å². The monoisotopic (exact) mass is 514 g/mol. The van der Waals surface area contributed by atoms with Gasteiger partial charge in [-0.1, -0.05) is 56.2 Å². The Kier molecular flexibility index (Phi) is 8.73. The molecule has 0 radical (unpaired) electrons. The van der Waals surface area contributed by atoms with Gasteiger partial charge in [0, 0.05) is 17.2 Å². The number of nitrogens with zero attached hydrogens (tertiary/aromatic N) is 1. The summed E-state index contributed by atoms with van der Waals surface area (Å²) < 4.78 is 28.1. The van der Waals surface area contributed by atoms with E-state index in [4.69, 9.17) is 29.4 Å². The van der Waals surface area contributed by atoms with Crippen LogP contribution < -0.4 is 29.4 Å². The van der Waals surface area contributed by atoms with Crippen molar-refractivity contribution in [1.29, 1.82) is 5.26 Å². The van der Waals surface area contributed by atoms with Crippen LogP contribution in [0.3, 0.4) is 0 Å². The van der Waals surface area contributed by atoms with Crippen molar-refractivity contribution in [2.24, 2.45) is 5.73 Å². The second kappa shape index (κ2) is 12.5. The molecule has 0 fully saturated rings. The lowest BCUT2D eigenvalue weighted by molar-refractivity contribution is -0.136. The van der Waals surface area contributed by atoms with Crippen molar-refractivity contribution in [2.75, 3.05) is 20.3 Å². The molecule has 1 atom stereocenters. The number of nitriles is 1. The second-order valence-corrected chi connectivity index (χ2v) is 8.63. The maximum Gasteiger partial charge on any atom is 0.349 e. The lowest BCUT2D eigenvalue weighted by atomic mass is 9.83. The summed E-state index contributed by atoms with van der Waals surface area (Å²) in [4.78, 5) is 12.5. The van der Waals surface area contributed by atoms with Crippen LogP contribution in [-0.4, -0.2) is 26.3 Å².